The van der Waals surface area contributed by atoms with Crippen molar-refractivity contribution in [2.45, 2.75) is 13.8 Å². The molecule has 1 N–H and O–H groups in total. The number of halogens is 2. The summed E-state index contributed by atoms with van der Waals surface area (Å²) in [7, 11) is 0. The predicted octanol–water partition coefficient (Wildman–Crippen LogP) is 3.77. The van der Waals surface area contributed by atoms with E-state index in [-0.39, 0.29) is 6.61 Å². The summed E-state index contributed by atoms with van der Waals surface area (Å²) in [4.78, 5) is 23.5. The first kappa shape index (κ1) is 18.9. The Morgan fingerprint density at radius 1 is 1.12 bits per heavy atom. The molecule has 7 heteroatoms. The number of carbonyl (C=O) groups is 2. The van der Waals surface area contributed by atoms with E-state index in [0.29, 0.717) is 15.9 Å². The lowest BCUT2D eigenvalue weighted by Gasteiger charge is -2.10. The molecule has 0 saturated carbocycles. The van der Waals surface area contributed by atoms with Gasteiger partial charge in [-0.1, -0.05) is 12.1 Å². The van der Waals surface area contributed by atoms with Crippen LogP contribution in [-0.4, -0.2) is 25.1 Å². The van der Waals surface area contributed by atoms with E-state index in [9.17, 15) is 14.0 Å². The lowest BCUT2D eigenvalue weighted by Crippen LogP contribution is -2.24. The van der Waals surface area contributed by atoms with Gasteiger partial charge in [0.2, 0.25) is 0 Å². The molecule has 25 heavy (non-hydrogen) atoms. The van der Waals surface area contributed by atoms with Gasteiger partial charge in [0.1, 0.15) is 11.6 Å². The highest BCUT2D eigenvalue weighted by Crippen LogP contribution is 2.25. The zero-order valence-corrected chi connectivity index (χ0v) is 15.4. The number of hydrogen-bond donors (Lipinski definition) is 1. The van der Waals surface area contributed by atoms with E-state index < -0.39 is 24.3 Å². The van der Waals surface area contributed by atoms with Crippen molar-refractivity contribution in [3.8, 4) is 5.75 Å². The van der Waals surface area contributed by atoms with E-state index in [2.05, 4.69) is 21.2 Å². The summed E-state index contributed by atoms with van der Waals surface area (Å²) in [6.07, 6.45) is 0. The molecule has 0 fully saturated rings. The first-order valence-corrected chi connectivity index (χ1v) is 8.25. The molecule has 0 aliphatic carbocycles. The maximum atomic E-state index is 13.0. The number of rotatable bonds is 6. The van der Waals surface area contributed by atoms with Gasteiger partial charge in [0.15, 0.2) is 13.2 Å². The van der Waals surface area contributed by atoms with Crippen LogP contribution < -0.4 is 10.1 Å². The highest BCUT2D eigenvalue weighted by atomic mass is 79.9. The number of ether oxygens (including phenoxy) is 2. The average molecular weight is 410 g/mol. The molecule has 0 bridgehead atoms. The zero-order chi connectivity index (χ0) is 18.4. The maximum Gasteiger partial charge on any atom is 0.344 e. The van der Waals surface area contributed by atoms with Gasteiger partial charge in [0.05, 0.1) is 4.47 Å². The van der Waals surface area contributed by atoms with Gasteiger partial charge in [0, 0.05) is 5.69 Å². The quantitative estimate of drug-likeness (QED) is 0.737. The first-order chi connectivity index (χ1) is 11.8. The number of esters is 1. The van der Waals surface area contributed by atoms with Gasteiger partial charge in [0.25, 0.3) is 5.91 Å². The number of hydrogen-bond acceptors (Lipinski definition) is 4. The van der Waals surface area contributed by atoms with Crippen LogP contribution in [0.25, 0.3) is 0 Å². The molecule has 2 aromatic rings. The smallest absolute Gasteiger partial charge is 0.344 e. The SMILES string of the molecule is Cc1ccc(C)c(NC(=O)COC(=O)COc2ccc(F)cc2Br)c1. The van der Waals surface area contributed by atoms with Crippen LogP contribution >= 0.6 is 15.9 Å². The van der Waals surface area contributed by atoms with E-state index >= 15 is 0 Å². The van der Waals surface area contributed by atoms with E-state index in [1.165, 1.54) is 18.2 Å². The fraction of sp³-hybridized carbons (Fsp3) is 0.222. The Bertz CT molecular complexity index is 795. The van der Waals surface area contributed by atoms with Crippen LogP contribution in [0.2, 0.25) is 0 Å². The molecular weight excluding hydrogens is 393 g/mol. The van der Waals surface area contributed by atoms with Gasteiger partial charge in [-0.3, -0.25) is 4.79 Å². The van der Waals surface area contributed by atoms with Crippen LogP contribution in [0, 0.1) is 19.7 Å². The molecule has 0 aliphatic heterocycles. The predicted molar refractivity (Wildman–Crippen MR) is 95.1 cm³/mol. The lowest BCUT2D eigenvalue weighted by atomic mass is 10.1. The van der Waals surface area contributed by atoms with Crippen LogP contribution in [0.15, 0.2) is 40.9 Å². The van der Waals surface area contributed by atoms with Gasteiger partial charge >= 0.3 is 5.97 Å². The second kappa shape index (κ2) is 8.62. The Morgan fingerprint density at radius 2 is 1.88 bits per heavy atom. The molecule has 132 valence electrons. The third-order valence-electron chi connectivity index (χ3n) is 3.27. The molecule has 2 rings (SSSR count). The van der Waals surface area contributed by atoms with Crippen LogP contribution in [0.3, 0.4) is 0 Å². The summed E-state index contributed by atoms with van der Waals surface area (Å²) in [6, 6.07) is 9.49. The third kappa shape index (κ3) is 5.86. The van der Waals surface area contributed by atoms with Crippen LogP contribution in [0.1, 0.15) is 11.1 Å². The average Bonchev–Trinajstić information content (AvgIpc) is 2.55. The highest BCUT2D eigenvalue weighted by Gasteiger charge is 2.11. The number of amides is 1. The molecular formula is C18H17BrFNO4. The summed E-state index contributed by atoms with van der Waals surface area (Å²) < 4.78 is 23.4. The number of aryl methyl sites for hydroxylation is 2. The summed E-state index contributed by atoms with van der Waals surface area (Å²) in [5, 5.41) is 2.69. The van der Waals surface area contributed by atoms with Gasteiger partial charge in [-0.25, -0.2) is 9.18 Å². The molecule has 1 amide bonds. The Balaban J connectivity index is 1.79. The monoisotopic (exact) mass is 409 g/mol. The van der Waals surface area contributed by atoms with Crippen molar-refractivity contribution < 1.29 is 23.5 Å². The van der Waals surface area contributed by atoms with Crippen molar-refractivity contribution in [3.63, 3.8) is 0 Å². The van der Waals surface area contributed by atoms with Gasteiger partial charge in [-0.05, 0) is 65.2 Å². The minimum absolute atomic E-state index is 0.304. The number of benzene rings is 2. The summed E-state index contributed by atoms with van der Waals surface area (Å²) >= 11 is 3.13. The molecule has 0 aliphatic rings. The van der Waals surface area contributed by atoms with E-state index in [1.54, 1.807) is 0 Å². The molecule has 0 radical (unpaired) electrons. The van der Waals surface area contributed by atoms with Crippen LogP contribution in [0.5, 0.6) is 5.75 Å². The lowest BCUT2D eigenvalue weighted by molar-refractivity contribution is -0.149. The molecule has 0 aromatic heterocycles. The standard InChI is InChI=1S/C18H17BrFNO4/c1-11-3-4-12(2)15(7-11)21-17(22)9-25-18(23)10-24-16-6-5-13(20)8-14(16)19/h3-8H,9-10H2,1-2H3,(H,21,22). The molecule has 0 spiro atoms. The van der Waals surface area contributed by atoms with Crippen molar-refractivity contribution in [1.29, 1.82) is 0 Å². The maximum absolute atomic E-state index is 13.0. The minimum atomic E-state index is -0.702. The Hall–Kier alpha value is -2.41. The molecule has 0 unspecified atom stereocenters. The van der Waals surface area contributed by atoms with Gasteiger partial charge < -0.3 is 14.8 Å². The van der Waals surface area contributed by atoms with E-state index in [1.807, 2.05) is 32.0 Å². The molecule has 5 nitrogen and oxygen atoms in total. The first-order valence-electron chi connectivity index (χ1n) is 7.45. The fourth-order valence-electron chi connectivity index (χ4n) is 1.97. The number of anilines is 1. The largest absolute Gasteiger partial charge is 0.481 e. The molecule has 0 atom stereocenters. The normalized spacial score (nSPS) is 10.2. The number of nitrogens with one attached hydrogen (secondary N) is 1. The van der Waals surface area contributed by atoms with Crippen molar-refractivity contribution in [2.75, 3.05) is 18.5 Å². The summed E-state index contributed by atoms with van der Waals surface area (Å²) in [5.41, 5.74) is 2.60. The molecule has 2 aromatic carbocycles. The zero-order valence-electron chi connectivity index (χ0n) is 13.8. The fourth-order valence-corrected chi connectivity index (χ4v) is 2.44. The highest BCUT2D eigenvalue weighted by molar-refractivity contribution is 9.10. The summed E-state index contributed by atoms with van der Waals surface area (Å²) in [5.74, 6) is -1.26. The molecule has 0 heterocycles. The van der Waals surface area contributed by atoms with E-state index in [0.717, 1.165) is 11.1 Å². The number of carbonyl (C=O) groups excluding carboxylic acids is 2. The Morgan fingerprint density at radius 3 is 2.60 bits per heavy atom. The minimum Gasteiger partial charge on any atom is -0.481 e. The third-order valence-corrected chi connectivity index (χ3v) is 3.89. The Labute approximate surface area is 153 Å². The van der Waals surface area contributed by atoms with E-state index in [4.69, 9.17) is 9.47 Å². The van der Waals surface area contributed by atoms with Crippen molar-refractivity contribution >= 4 is 33.5 Å². The van der Waals surface area contributed by atoms with Crippen molar-refractivity contribution in [3.05, 3.63) is 57.8 Å². The second-order valence-corrected chi connectivity index (χ2v) is 6.24. The van der Waals surface area contributed by atoms with Crippen molar-refractivity contribution in [2.24, 2.45) is 0 Å². The summed E-state index contributed by atoms with van der Waals surface area (Å²) in [6.45, 7) is 2.98. The van der Waals surface area contributed by atoms with Gasteiger partial charge in [-0.15, -0.1) is 0 Å². The molecule has 0 saturated heterocycles. The van der Waals surface area contributed by atoms with Gasteiger partial charge in [-0.2, -0.15) is 0 Å². The van der Waals surface area contributed by atoms with Crippen LogP contribution in [-0.2, 0) is 14.3 Å². The Kier molecular flexibility index (Phi) is 6.52. The van der Waals surface area contributed by atoms with Crippen molar-refractivity contribution in [1.82, 2.24) is 0 Å². The second-order valence-electron chi connectivity index (χ2n) is 5.39. The van der Waals surface area contributed by atoms with Crippen LogP contribution in [0.4, 0.5) is 10.1 Å². The topological polar surface area (TPSA) is 64.6 Å².